The van der Waals surface area contributed by atoms with E-state index in [0.29, 0.717) is 60.1 Å². The van der Waals surface area contributed by atoms with Crippen LogP contribution in [-0.2, 0) is 13.7 Å². The molecule has 3 fully saturated rings. The molecule has 2 aromatic heterocycles. The zero-order chi connectivity index (χ0) is 40.1. The number of nitrogens with one attached hydrogen (secondary N) is 2. The molecule has 3 saturated heterocycles. The summed E-state index contributed by atoms with van der Waals surface area (Å²) in [6.07, 6.45) is 0.827. The maximum Gasteiger partial charge on any atom is 0.408 e. The van der Waals surface area contributed by atoms with Crippen molar-refractivity contribution in [3.05, 3.63) is 123 Å². The van der Waals surface area contributed by atoms with Crippen LogP contribution in [0, 0.1) is 5.92 Å². The van der Waals surface area contributed by atoms with E-state index in [2.05, 4.69) is 20.3 Å². The Morgan fingerprint density at radius 1 is 1.02 bits per heavy atom. The molecule has 2 amide bonds. The number of amides is 2. The number of carboxylic acid groups (broad SMARTS) is 1. The molecule has 2 bridgehead atoms. The van der Waals surface area contributed by atoms with E-state index in [0.717, 1.165) is 43.6 Å². The summed E-state index contributed by atoms with van der Waals surface area (Å²) in [7, 11) is 1.77. The number of aryl methyl sites for hydroxylation is 1. The van der Waals surface area contributed by atoms with Crippen molar-refractivity contribution in [2.45, 2.75) is 51.0 Å². The van der Waals surface area contributed by atoms with E-state index < -0.39 is 18.2 Å². The SMILES string of the molecule is CCN(CCCNCC(O)c1ccc(O)c2[nH]c(=O)ccc12)C(=O)c1cc(COc2cccc([C@H](c3ccccc3)N(C(=O)O)C3CN4CCC3CC4)c2)n(C)n1. The number of carbonyl (C=O) groups is 2. The number of ether oxygens (including phenoxy) is 1. The highest BCUT2D eigenvalue weighted by molar-refractivity contribution is 5.92. The molecule has 3 aliphatic rings. The van der Waals surface area contributed by atoms with Crippen LogP contribution in [-0.4, -0.2) is 109 Å². The second kappa shape index (κ2) is 17.6. The van der Waals surface area contributed by atoms with Crippen LogP contribution in [0.4, 0.5) is 4.79 Å². The van der Waals surface area contributed by atoms with Gasteiger partial charge in [0.05, 0.1) is 29.4 Å². The summed E-state index contributed by atoms with van der Waals surface area (Å²) >= 11 is 0. The van der Waals surface area contributed by atoms with Crippen molar-refractivity contribution in [1.29, 1.82) is 0 Å². The number of nitrogens with zero attached hydrogens (tertiary/aromatic N) is 5. The Hall–Kier alpha value is -5.70. The van der Waals surface area contributed by atoms with Crippen molar-refractivity contribution in [3.63, 3.8) is 0 Å². The van der Waals surface area contributed by atoms with Gasteiger partial charge in [-0.25, -0.2) is 4.79 Å². The molecule has 5 N–H and O–H groups in total. The lowest BCUT2D eigenvalue weighted by atomic mass is 9.81. The Labute approximate surface area is 331 Å². The minimum Gasteiger partial charge on any atom is -0.506 e. The number of hydrogen-bond donors (Lipinski definition) is 5. The highest BCUT2D eigenvalue weighted by Gasteiger charge is 2.43. The van der Waals surface area contributed by atoms with E-state index in [-0.39, 0.29) is 41.9 Å². The monoisotopic (exact) mass is 777 g/mol. The highest BCUT2D eigenvalue weighted by Crippen LogP contribution is 2.39. The number of pyridine rings is 1. The molecule has 2 unspecified atom stereocenters. The molecule has 14 nitrogen and oxygen atoms in total. The first-order chi connectivity index (χ1) is 27.6. The maximum atomic E-state index is 13.5. The lowest BCUT2D eigenvalue weighted by Gasteiger charge is -2.50. The van der Waals surface area contributed by atoms with Gasteiger partial charge in [-0.2, -0.15) is 5.10 Å². The first kappa shape index (κ1) is 39.5. The molecule has 14 heteroatoms. The number of fused-ring (bicyclic) bond motifs is 4. The van der Waals surface area contributed by atoms with Crippen molar-refractivity contribution >= 4 is 22.9 Å². The second-order valence-electron chi connectivity index (χ2n) is 15.0. The summed E-state index contributed by atoms with van der Waals surface area (Å²) in [5.74, 6) is 0.653. The van der Waals surface area contributed by atoms with Gasteiger partial charge in [0.1, 0.15) is 18.1 Å². The molecule has 8 rings (SSSR count). The second-order valence-corrected chi connectivity index (χ2v) is 15.0. The first-order valence-electron chi connectivity index (χ1n) is 19.7. The predicted molar refractivity (Wildman–Crippen MR) is 215 cm³/mol. The summed E-state index contributed by atoms with van der Waals surface area (Å²) in [6, 6.07) is 24.6. The van der Waals surface area contributed by atoms with Gasteiger partial charge in [0.15, 0.2) is 5.69 Å². The number of phenols is 1. The number of aromatic nitrogens is 3. The third kappa shape index (κ3) is 8.83. The zero-order valence-corrected chi connectivity index (χ0v) is 32.4. The van der Waals surface area contributed by atoms with E-state index in [1.807, 2.05) is 61.5 Å². The number of rotatable bonds is 16. The summed E-state index contributed by atoms with van der Waals surface area (Å²) in [6.45, 7) is 6.60. The van der Waals surface area contributed by atoms with Crippen LogP contribution in [0.3, 0.4) is 0 Å². The summed E-state index contributed by atoms with van der Waals surface area (Å²) in [5.41, 5.74) is 3.28. The third-order valence-electron chi connectivity index (χ3n) is 11.4. The number of aliphatic hydroxyl groups is 1. The molecule has 57 heavy (non-hydrogen) atoms. The standard InChI is InChI=1S/C43H51N7O7/c1-3-49(20-8-19-44-25-38(52)33-13-15-37(51)40-34(33)14-16-39(53)45-40)42(54)35-24-31(47(2)46-35)27-57-32-12-7-11-30(23-32)41(29-9-5-4-6-10-29)50(43(55)56)36-26-48-21-17-28(36)18-22-48/h4-7,9-16,23-24,28,36,38,41,44,51-52H,3,8,17-22,25-27H2,1-2H3,(H,45,53)(H,55,56)/t36?,38?,41-/m0/s1. The number of phenolic OH excluding ortho intramolecular Hbond substituents is 1. The van der Waals surface area contributed by atoms with Gasteiger partial charge in [-0.15, -0.1) is 0 Å². The molecule has 0 radical (unpaired) electrons. The Morgan fingerprint density at radius 3 is 2.51 bits per heavy atom. The predicted octanol–water partition coefficient (Wildman–Crippen LogP) is 4.89. The fraction of sp³-hybridized carbons (Fsp3) is 0.395. The van der Waals surface area contributed by atoms with E-state index >= 15 is 0 Å². The zero-order valence-electron chi connectivity index (χ0n) is 32.4. The highest BCUT2D eigenvalue weighted by atomic mass is 16.5. The van der Waals surface area contributed by atoms with E-state index in [1.54, 1.807) is 39.7 Å². The van der Waals surface area contributed by atoms with Gasteiger partial charge < -0.3 is 40.2 Å². The van der Waals surface area contributed by atoms with Crippen LogP contribution in [0.25, 0.3) is 10.9 Å². The van der Waals surface area contributed by atoms with Gasteiger partial charge in [-0.05, 0) is 98.8 Å². The van der Waals surface area contributed by atoms with Crippen LogP contribution in [0.15, 0.2) is 89.7 Å². The van der Waals surface area contributed by atoms with Crippen molar-refractivity contribution in [2.24, 2.45) is 13.0 Å². The average Bonchev–Trinajstić information content (AvgIpc) is 3.61. The van der Waals surface area contributed by atoms with Crippen LogP contribution in [0.5, 0.6) is 11.5 Å². The number of aromatic hydroxyl groups is 1. The van der Waals surface area contributed by atoms with E-state index in [1.165, 1.54) is 12.1 Å². The molecule has 3 atom stereocenters. The minimum absolute atomic E-state index is 0.0634. The van der Waals surface area contributed by atoms with Crippen LogP contribution in [0.1, 0.15) is 71.2 Å². The Kier molecular flexibility index (Phi) is 12.2. The topological polar surface area (TPSA) is 176 Å². The van der Waals surface area contributed by atoms with Gasteiger partial charge >= 0.3 is 6.09 Å². The Morgan fingerprint density at radius 2 is 1.79 bits per heavy atom. The summed E-state index contributed by atoms with van der Waals surface area (Å²) in [5, 5.41) is 40.0. The molecule has 0 spiro atoms. The van der Waals surface area contributed by atoms with Crippen molar-refractivity contribution in [3.8, 4) is 11.5 Å². The number of hydrogen-bond acceptors (Lipinski definition) is 9. The number of benzene rings is 3. The largest absolute Gasteiger partial charge is 0.506 e. The number of H-pyrrole nitrogens is 1. The fourth-order valence-electron chi connectivity index (χ4n) is 8.38. The van der Waals surface area contributed by atoms with Crippen molar-refractivity contribution in [2.75, 3.05) is 45.8 Å². The minimum atomic E-state index is -0.933. The molecule has 300 valence electrons. The first-order valence-corrected chi connectivity index (χ1v) is 19.7. The molecule has 3 aromatic carbocycles. The lowest BCUT2D eigenvalue weighted by Crippen LogP contribution is -2.59. The van der Waals surface area contributed by atoms with E-state index in [9.17, 15) is 29.7 Å². The van der Waals surface area contributed by atoms with Gasteiger partial charge in [-0.1, -0.05) is 48.5 Å². The van der Waals surface area contributed by atoms with Gasteiger partial charge in [0.25, 0.3) is 5.91 Å². The lowest BCUT2D eigenvalue weighted by molar-refractivity contribution is -0.000815. The smallest absolute Gasteiger partial charge is 0.408 e. The molecule has 0 saturated carbocycles. The molecule has 0 aliphatic carbocycles. The van der Waals surface area contributed by atoms with Crippen LogP contribution < -0.4 is 15.6 Å². The Balaban J connectivity index is 0.962. The molecular weight excluding hydrogens is 727 g/mol. The van der Waals surface area contributed by atoms with Crippen LogP contribution in [0.2, 0.25) is 0 Å². The maximum absolute atomic E-state index is 13.5. The van der Waals surface area contributed by atoms with Gasteiger partial charge in [0, 0.05) is 44.7 Å². The molecule has 3 aliphatic heterocycles. The van der Waals surface area contributed by atoms with Crippen molar-refractivity contribution < 1.29 is 29.6 Å². The number of piperidine rings is 3. The molecule has 5 aromatic rings. The number of carbonyl (C=O) groups excluding carboxylic acids is 1. The number of aromatic amines is 1. The summed E-state index contributed by atoms with van der Waals surface area (Å²) in [4.78, 5) is 46.7. The van der Waals surface area contributed by atoms with Crippen LogP contribution >= 0.6 is 0 Å². The quantitative estimate of drug-likeness (QED) is 0.0868. The normalized spacial score (nSPS) is 18.6. The van der Waals surface area contributed by atoms with E-state index in [4.69, 9.17) is 4.74 Å². The third-order valence-corrected chi connectivity index (χ3v) is 11.4. The average molecular weight is 778 g/mol. The van der Waals surface area contributed by atoms with Gasteiger partial charge in [-0.3, -0.25) is 19.2 Å². The molecular formula is C43H51N7O7. The fourth-order valence-corrected chi connectivity index (χ4v) is 8.38. The molecule has 5 heterocycles. The number of aliphatic hydroxyl groups excluding tert-OH is 1. The van der Waals surface area contributed by atoms with Crippen molar-refractivity contribution in [1.82, 2.24) is 34.8 Å². The summed E-state index contributed by atoms with van der Waals surface area (Å²) < 4.78 is 7.92. The van der Waals surface area contributed by atoms with Gasteiger partial charge in [0.2, 0.25) is 5.56 Å². The Bertz CT molecular complexity index is 2230.